The van der Waals surface area contributed by atoms with Gasteiger partial charge in [0.1, 0.15) is 6.79 Å². The number of ether oxygens (including phenoxy) is 2. The summed E-state index contributed by atoms with van der Waals surface area (Å²) in [6, 6.07) is 0. The van der Waals surface area contributed by atoms with E-state index in [2.05, 4.69) is 10.6 Å². The van der Waals surface area contributed by atoms with Gasteiger partial charge in [-0.3, -0.25) is 4.79 Å². The Morgan fingerprint density at radius 1 is 1.25 bits per heavy atom. The quantitative estimate of drug-likeness (QED) is 0.622. The molecule has 1 saturated heterocycles. The smallest absolute Gasteiger partial charge is 0.223 e. The summed E-state index contributed by atoms with van der Waals surface area (Å²) in [7, 11) is 0. The zero-order chi connectivity index (χ0) is 11.2. The molecule has 1 saturated carbocycles. The van der Waals surface area contributed by atoms with Crippen molar-refractivity contribution in [2.24, 2.45) is 5.92 Å². The Morgan fingerprint density at radius 3 is 2.81 bits per heavy atom. The van der Waals surface area contributed by atoms with Crippen molar-refractivity contribution in [1.82, 2.24) is 10.6 Å². The summed E-state index contributed by atoms with van der Waals surface area (Å²) < 4.78 is 10.5. The van der Waals surface area contributed by atoms with Crippen LogP contribution in [0.2, 0.25) is 0 Å². The van der Waals surface area contributed by atoms with Gasteiger partial charge < -0.3 is 20.1 Å². The molecule has 0 radical (unpaired) electrons. The van der Waals surface area contributed by atoms with E-state index in [1.807, 2.05) is 0 Å². The second kappa shape index (κ2) is 6.18. The minimum Gasteiger partial charge on any atom is -0.355 e. The molecule has 1 aliphatic carbocycles. The molecule has 92 valence electrons. The average Bonchev–Trinajstić information content (AvgIpc) is 3.13. The molecule has 1 atom stereocenters. The van der Waals surface area contributed by atoms with Crippen LogP contribution in [0.3, 0.4) is 0 Å². The molecule has 1 aliphatic heterocycles. The van der Waals surface area contributed by atoms with Crippen molar-refractivity contribution in [2.45, 2.75) is 25.4 Å². The molecular formula is C11H20N2O3. The molecule has 0 spiro atoms. The molecular weight excluding hydrogens is 208 g/mol. The van der Waals surface area contributed by atoms with Gasteiger partial charge in [-0.25, -0.2) is 0 Å². The molecule has 1 amide bonds. The SMILES string of the molecule is O=C(NCCNCC1CCOCO1)C1CC1. The molecule has 0 bridgehead atoms. The summed E-state index contributed by atoms with van der Waals surface area (Å²) in [4.78, 5) is 11.3. The first-order valence-corrected chi connectivity index (χ1v) is 6.04. The van der Waals surface area contributed by atoms with Crippen LogP contribution in [-0.4, -0.2) is 45.0 Å². The molecule has 2 fully saturated rings. The summed E-state index contributed by atoms with van der Waals surface area (Å²) in [6.45, 7) is 3.54. The van der Waals surface area contributed by atoms with Gasteiger partial charge in [0.2, 0.25) is 5.91 Å². The molecule has 5 nitrogen and oxygen atoms in total. The first-order chi connectivity index (χ1) is 7.86. The van der Waals surface area contributed by atoms with Crippen LogP contribution in [0.5, 0.6) is 0 Å². The highest BCUT2D eigenvalue weighted by atomic mass is 16.7. The van der Waals surface area contributed by atoms with E-state index >= 15 is 0 Å². The maximum absolute atomic E-state index is 11.3. The van der Waals surface area contributed by atoms with Gasteiger partial charge in [0.15, 0.2) is 0 Å². The molecule has 1 heterocycles. The van der Waals surface area contributed by atoms with Crippen molar-refractivity contribution in [3.63, 3.8) is 0 Å². The highest BCUT2D eigenvalue weighted by Gasteiger charge is 2.28. The van der Waals surface area contributed by atoms with E-state index in [4.69, 9.17) is 9.47 Å². The first-order valence-electron chi connectivity index (χ1n) is 6.04. The van der Waals surface area contributed by atoms with E-state index in [0.717, 1.165) is 39.0 Å². The number of nitrogens with one attached hydrogen (secondary N) is 2. The molecule has 1 unspecified atom stereocenters. The Morgan fingerprint density at radius 2 is 2.12 bits per heavy atom. The third-order valence-electron chi connectivity index (χ3n) is 2.89. The molecule has 2 N–H and O–H groups in total. The Labute approximate surface area is 95.9 Å². The van der Waals surface area contributed by atoms with Crippen LogP contribution in [0.4, 0.5) is 0 Å². The monoisotopic (exact) mass is 228 g/mol. The van der Waals surface area contributed by atoms with Gasteiger partial charge in [-0.05, 0) is 19.3 Å². The normalized spacial score (nSPS) is 25.4. The first kappa shape index (κ1) is 11.8. The van der Waals surface area contributed by atoms with Crippen LogP contribution in [0.1, 0.15) is 19.3 Å². The van der Waals surface area contributed by atoms with E-state index in [-0.39, 0.29) is 12.0 Å². The van der Waals surface area contributed by atoms with Gasteiger partial charge in [-0.1, -0.05) is 0 Å². The Balaban J connectivity index is 1.43. The summed E-state index contributed by atoms with van der Waals surface area (Å²) >= 11 is 0. The zero-order valence-electron chi connectivity index (χ0n) is 9.54. The number of carbonyl (C=O) groups excluding carboxylic acids is 1. The van der Waals surface area contributed by atoms with E-state index in [1.165, 1.54) is 0 Å². The molecule has 16 heavy (non-hydrogen) atoms. The number of hydrogen-bond donors (Lipinski definition) is 2. The summed E-state index contributed by atoms with van der Waals surface area (Å²) in [5, 5.41) is 6.19. The summed E-state index contributed by atoms with van der Waals surface area (Å²) in [6.07, 6.45) is 3.33. The van der Waals surface area contributed by atoms with Crippen LogP contribution in [-0.2, 0) is 14.3 Å². The van der Waals surface area contributed by atoms with E-state index in [0.29, 0.717) is 19.3 Å². The lowest BCUT2D eigenvalue weighted by Crippen LogP contribution is -2.38. The van der Waals surface area contributed by atoms with Crippen LogP contribution in [0.25, 0.3) is 0 Å². The summed E-state index contributed by atoms with van der Waals surface area (Å²) in [5.41, 5.74) is 0. The predicted octanol–water partition coefficient (Wildman–Crippen LogP) is -0.135. The third kappa shape index (κ3) is 4.08. The largest absolute Gasteiger partial charge is 0.355 e. The standard InChI is InChI=1S/C11H20N2O3/c14-11(9-1-2-9)13-5-4-12-7-10-3-6-15-8-16-10/h9-10,12H,1-8H2,(H,13,14). The fourth-order valence-corrected chi connectivity index (χ4v) is 1.69. The van der Waals surface area contributed by atoms with Gasteiger partial charge >= 0.3 is 0 Å². The molecule has 2 rings (SSSR count). The van der Waals surface area contributed by atoms with Gasteiger partial charge in [0.25, 0.3) is 0 Å². The van der Waals surface area contributed by atoms with E-state index in [1.54, 1.807) is 0 Å². The highest BCUT2D eigenvalue weighted by molar-refractivity contribution is 5.80. The lowest BCUT2D eigenvalue weighted by Gasteiger charge is -2.22. The number of carbonyl (C=O) groups is 1. The minimum absolute atomic E-state index is 0.212. The number of rotatable bonds is 6. The van der Waals surface area contributed by atoms with Gasteiger partial charge in [-0.15, -0.1) is 0 Å². The van der Waals surface area contributed by atoms with Crippen molar-refractivity contribution in [2.75, 3.05) is 33.0 Å². The fraction of sp³-hybridized carbons (Fsp3) is 0.909. The topological polar surface area (TPSA) is 59.6 Å². The minimum atomic E-state index is 0.212. The van der Waals surface area contributed by atoms with Crippen molar-refractivity contribution in [3.05, 3.63) is 0 Å². The van der Waals surface area contributed by atoms with Crippen molar-refractivity contribution in [1.29, 1.82) is 0 Å². The molecule has 0 aromatic heterocycles. The third-order valence-corrected chi connectivity index (χ3v) is 2.89. The second-order valence-electron chi connectivity index (χ2n) is 4.37. The average molecular weight is 228 g/mol. The zero-order valence-corrected chi connectivity index (χ0v) is 9.54. The Bertz CT molecular complexity index is 225. The molecule has 2 aliphatic rings. The number of hydrogen-bond acceptors (Lipinski definition) is 4. The van der Waals surface area contributed by atoms with Crippen LogP contribution in [0, 0.1) is 5.92 Å². The predicted molar refractivity (Wildman–Crippen MR) is 58.9 cm³/mol. The van der Waals surface area contributed by atoms with Gasteiger partial charge in [-0.2, -0.15) is 0 Å². The van der Waals surface area contributed by atoms with Gasteiger partial charge in [0.05, 0.1) is 12.7 Å². The van der Waals surface area contributed by atoms with E-state index < -0.39 is 0 Å². The summed E-state index contributed by atoms with van der Waals surface area (Å²) in [5.74, 6) is 0.517. The van der Waals surface area contributed by atoms with Crippen molar-refractivity contribution in [3.8, 4) is 0 Å². The van der Waals surface area contributed by atoms with E-state index in [9.17, 15) is 4.79 Å². The van der Waals surface area contributed by atoms with Crippen molar-refractivity contribution >= 4 is 5.91 Å². The lowest BCUT2D eigenvalue weighted by atomic mass is 10.2. The Hall–Kier alpha value is -0.650. The highest BCUT2D eigenvalue weighted by Crippen LogP contribution is 2.28. The van der Waals surface area contributed by atoms with Gasteiger partial charge in [0, 0.05) is 25.6 Å². The maximum atomic E-state index is 11.3. The maximum Gasteiger partial charge on any atom is 0.223 e. The fourth-order valence-electron chi connectivity index (χ4n) is 1.69. The second-order valence-corrected chi connectivity index (χ2v) is 4.37. The number of amides is 1. The van der Waals surface area contributed by atoms with Crippen molar-refractivity contribution < 1.29 is 14.3 Å². The molecule has 0 aromatic rings. The van der Waals surface area contributed by atoms with Crippen LogP contribution >= 0.6 is 0 Å². The van der Waals surface area contributed by atoms with Crippen LogP contribution in [0.15, 0.2) is 0 Å². The molecule has 0 aromatic carbocycles. The molecule has 5 heteroatoms. The van der Waals surface area contributed by atoms with Crippen LogP contribution < -0.4 is 10.6 Å². The lowest BCUT2D eigenvalue weighted by molar-refractivity contribution is -0.137. The Kier molecular flexibility index (Phi) is 4.56.